The highest BCUT2D eigenvalue weighted by Crippen LogP contribution is 2.73. The zero-order chi connectivity index (χ0) is 20.1. The molecule has 0 radical (unpaired) electrons. The van der Waals surface area contributed by atoms with Crippen molar-refractivity contribution in [1.82, 2.24) is 19.7 Å². The van der Waals surface area contributed by atoms with Gasteiger partial charge in [0.15, 0.2) is 0 Å². The van der Waals surface area contributed by atoms with Crippen LogP contribution in [0.2, 0.25) is 0 Å². The third-order valence-electron chi connectivity index (χ3n) is 8.22. The molecule has 1 saturated carbocycles. The third kappa shape index (κ3) is 1.78. The number of pyridine rings is 1. The monoisotopic (exact) mass is 395 g/mol. The SMILES string of the molecule is Cc1cc(-c2ccccn2)n(C2C34C=Nc5cccc(c53)C3CCCN(C)C32C4)n1. The maximum Gasteiger partial charge on any atom is 0.0883 e. The summed E-state index contributed by atoms with van der Waals surface area (Å²) in [5, 5.41) is 5.09. The average Bonchev–Trinajstić information content (AvgIpc) is 3.33. The lowest BCUT2D eigenvalue weighted by molar-refractivity contribution is -0.116. The van der Waals surface area contributed by atoms with Crippen molar-refractivity contribution in [2.24, 2.45) is 4.99 Å². The number of aliphatic imine (C=N–C) groups is 1. The molecule has 2 fully saturated rings. The van der Waals surface area contributed by atoms with Gasteiger partial charge in [-0.2, -0.15) is 5.10 Å². The minimum absolute atomic E-state index is 0.0595. The maximum atomic E-state index is 5.09. The topological polar surface area (TPSA) is 46.3 Å². The largest absolute Gasteiger partial charge is 0.298 e. The summed E-state index contributed by atoms with van der Waals surface area (Å²) in [5.74, 6) is 0.529. The molecule has 5 nitrogen and oxygen atoms in total. The standard InChI is InChI=1S/C25H25N5/c1-16-13-21(19-9-3-4-11-26-19)30(28-16)23-24-14-25(23)18(8-6-12-29(25)2)17-7-5-10-20(22(17)24)27-15-24/h3-5,7,9-11,13,15,18,23H,6,8,12,14H2,1-2H3. The van der Waals surface area contributed by atoms with Crippen LogP contribution in [0.25, 0.3) is 11.4 Å². The van der Waals surface area contributed by atoms with Crippen LogP contribution in [-0.2, 0) is 5.41 Å². The van der Waals surface area contributed by atoms with Crippen molar-refractivity contribution >= 4 is 11.9 Å². The van der Waals surface area contributed by atoms with Gasteiger partial charge in [0.05, 0.1) is 39.8 Å². The van der Waals surface area contributed by atoms with Gasteiger partial charge < -0.3 is 0 Å². The highest BCUT2D eigenvalue weighted by atomic mass is 15.4. The Morgan fingerprint density at radius 3 is 2.93 bits per heavy atom. The molecule has 3 aromatic rings. The molecule has 4 heterocycles. The molecule has 4 aliphatic rings. The molecule has 0 N–H and O–H groups in total. The number of piperidine rings is 1. The first-order valence-electron chi connectivity index (χ1n) is 11.0. The van der Waals surface area contributed by atoms with E-state index in [0.717, 1.165) is 30.0 Å². The molecule has 1 saturated heterocycles. The van der Waals surface area contributed by atoms with E-state index in [0.29, 0.717) is 5.92 Å². The van der Waals surface area contributed by atoms with E-state index in [1.165, 1.54) is 29.7 Å². The molecule has 2 aromatic heterocycles. The van der Waals surface area contributed by atoms with Gasteiger partial charge >= 0.3 is 0 Å². The van der Waals surface area contributed by atoms with E-state index in [4.69, 9.17) is 10.1 Å². The summed E-state index contributed by atoms with van der Waals surface area (Å²) in [6, 6.07) is 15.3. The van der Waals surface area contributed by atoms with Gasteiger partial charge in [-0.1, -0.05) is 18.2 Å². The number of benzene rings is 1. The van der Waals surface area contributed by atoms with Crippen LogP contribution in [-0.4, -0.2) is 45.0 Å². The Bertz CT molecular complexity index is 1210. The minimum atomic E-state index is -0.0595. The van der Waals surface area contributed by atoms with Crippen LogP contribution >= 0.6 is 0 Å². The lowest BCUT2D eigenvalue weighted by atomic mass is 9.40. The Hall–Kier alpha value is -2.79. The fraction of sp³-hybridized carbons (Fsp3) is 0.400. The Labute approximate surface area is 176 Å². The summed E-state index contributed by atoms with van der Waals surface area (Å²) in [7, 11) is 2.32. The Kier molecular flexibility index (Phi) is 3.09. The molecule has 2 aliphatic heterocycles. The van der Waals surface area contributed by atoms with Gasteiger partial charge in [-0.05, 0) is 75.2 Å². The molecule has 150 valence electrons. The van der Waals surface area contributed by atoms with E-state index >= 15 is 0 Å². The van der Waals surface area contributed by atoms with Gasteiger partial charge in [-0.15, -0.1) is 0 Å². The van der Waals surface area contributed by atoms with E-state index in [1.54, 1.807) is 0 Å². The lowest BCUT2D eigenvalue weighted by Gasteiger charge is -2.71. The molecular formula is C25H25N5. The molecule has 5 heteroatoms. The molecule has 1 aromatic carbocycles. The van der Waals surface area contributed by atoms with Gasteiger partial charge in [0.25, 0.3) is 0 Å². The first-order chi connectivity index (χ1) is 14.6. The van der Waals surface area contributed by atoms with Crippen LogP contribution in [0.4, 0.5) is 5.69 Å². The van der Waals surface area contributed by atoms with E-state index in [-0.39, 0.29) is 17.0 Å². The van der Waals surface area contributed by atoms with Crippen molar-refractivity contribution in [3.63, 3.8) is 0 Å². The van der Waals surface area contributed by atoms with E-state index in [2.05, 4.69) is 71.1 Å². The summed E-state index contributed by atoms with van der Waals surface area (Å²) < 4.78 is 2.31. The second-order valence-electron chi connectivity index (χ2n) is 9.56. The average molecular weight is 396 g/mol. The van der Waals surface area contributed by atoms with Gasteiger partial charge in [0.1, 0.15) is 0 Å². The molecule has 2 bridgehead atoms. The number of likely N-dealkylation sites (N-methyl/N-ethyl adjacent to an activating group) is 1. The highest BCUT2D eigenvalue weighted by molar-refractivity contribution is 5.91. The zero-order valence-electron chi connectivity index (χ0n) is 17.4. The van der Waals surface area contributed by atoms with E-state index in [9.17, 15) is 0 Å². The Morgan fingerprint density at radius 2 is 2.07 bits per heavy atom. The van der Waals surface area contributed by atoms with Gasteiger partial charge in [-0.3, -0.25) is 19.6 Å². The molecule has 7 rings (SSSR count). The van der Waals surface area contributed by atoms with Crippen molar-refractivity contribution < 1.29 is 0 Å². The van der Waals surface area contributed by atoms with Crippen LogP contribution in [0, 0.1) is 6.92 Å². The lowest BCUT2D eigenvalue weighted by Crippen LogP contribution is -2.77. The third-order valence-corrected chi connectivity index (χ3v) is 8.22. The maximum absolute atomic E-state index is 5.09. The molecule has 2 aliphatic carbocycles. The number of hydrogen-bond donors (Lipinski definition) is 0. The highest BCUT2D eigenvalue weighted by Gasteiger charge is 2.75. The second kappa shape index (κ2) is 5.46. The number of fused-ring (bicyclic) bond motifs is 1. The summed E-state index contributed by atoms with van der Waals surface area (Å²) in [4.78, 5) is 12.2. The molecule has 0 amide bonds. The Balaban J connectivity index is 1.52. The predicted molar refractivity (Wildman–Crippen MR) is 117 cm³/mol. The van der Waals surface area contributed by atoms with Gasteiger partial charge in [0.2, 0.25) is 0 Å². The van der Waals surface area contributed by atoms with Crippen molar-refractivity contribution in [2.45, 2.75) is 49.1 Å². The van der Waals surface area contributed by atoms with Crippen LogP contribution in [0.5, 0.6) is 0 Å². The predicted octanol–water partition coefficient (Wildman–Crippen LogP) is 4.41. The summed E-state index contributed by atoms with van der Waals surface area (Å²) >= 11 is 0. The van der Waals surface area contributed by atoms with Gasteiger partial charge in [0, 0.05) is 18.3 Å². The number of rotatable bonds is 2. The fourth-order valence-electron chi connectivity index (χ4n) is 7.22. The van der Waals surface area contributed by atoms with Gasteiger partial charge in [-0.25, -0.2) is 0 Å². The molecule has 30 heavy (non-hydrogen) atoms. The number of aromatic nitrogens is 3. The van der Waals surface area contributed by atoms with Crippen molar-refractivity contribution in [3.05, 3.63) is 65.5 Å². The van der Waals surface area contributed by atoms with E-state index < -0.39 is 0 Å². The van der Waals surface area contributed by atoms with Crippen molar-refractivity contribution in [1.29, 1.82) is 0 Å². The number of hydrogen-bond acceptors (Lipinski definition) is 4. The van der Waals surface area contributed by atoms with Crippen LogP contribution < -0.4 is 0 Å². The zero-order valence-corrected chi connectivity index (χ0v) is 17.4. The second-order valence-corrected chi connectivity index (χ2v) is 9.56. The molecule has 2 spiro atoms. The number of aryl methyl sites for hydroxylation is 1. The van der Waals surface area contributed by atoms with Crippen molar-refractivity contribution in [2.75, 3.05) is 13.6 Å². The quantitative estimate of drug-likeness (QED) is 0.646. The minimum Gasteiger partial charge on any atom is -0.298 e. The molecular weight excluding hydrogens is 370 g/mol. The first-order valence-corrected chi connectivity index (χ1v) is 11.0. The Morgan fingerprint density at radius 1 is 1.13 bits per heavy atom. The molecule has 4 atom stereocenters. The number of nitrogens with zero attached hydrogens (tertiary/aromatic N) is 5. The molecule has 4 unspecified atom stereocenters. The van der Waals surface area contributed by atoms with E-state index in [1.807, 2.05) is 12.3 Å². The first kappa shape index (κ1) is 16.9. The summed E-state index contributed by atoms with van der Waals surface area (Å²) in [6.45, 7) is 3.24. The normalized spacial score (nSPS) is 33.1. The summed E-state index contributed by atoms with van der Waals surface area (Å²) in [5.41, 5.74) is 7.36. The summed E-state index contributed by atoms with van der Waals surface area (Å²) in [6.07, 6.45) is 7.75. The van der Waals surface area contributed by atoms with Crippen LogP contribution in [0.15, 0.2) is 53.7 Å². The fourth-order valence-corrected chi connectivity index (χ4v) is 7.22. The van der Waals surface area contributed by atoms with Crippen LogP contribution in [0.1, 0.15) is 48.0 Å². The van der Waals surface area contributed by atoms with Crippen molar-refractivity contribution in [3.8, 4) is 11.4 Å². The van der Waals surface area contributed by atoms with Crippen LogP contribution in [0.3, 0.4) is 0 Å². The smallest absolute Gasteiger partial charge is 0.0883 e. The number of likely N-dealkylation sites (tertiary alicyclic amines) is 1.